The number of pyridine rings is 1. The molecule has 0 bridgehead atoms. The summed E-state index contributed by atoms with van der Waals surface area (Å²) in [5.74, 6) is 1.32. The van der Waals surface area contributed by atoms with Crippen molar-refractivity contribution in [2.24, 2.45) is 5.92 Å². The van der Waals surface area contributed by atoms with Gasteiger partial charge in [0, 0.05) is 12.2 Å². The number of rotatable bonds is 1. The Balaban J connectivity index is 2.12. The highest BCUT2D eigenvalue weighted by Gasteiger charge is 2.24. The first-order valence-corrected chi connectivity index (χ1v) is 6.80. The summed E-state index contributed by atoms with van der Waals surface area (Å²) in [6, 6.07) is 11.9. The average molecular weight is 274 g/mol. The summed E-state index contributed by atoms with van der Waals surface area (Å²) in [4.78, 5) is 6.57. The molecule has 0 fully saturated rings. The topological polar surface area (TPSA) is 42.2 Å². The van der Waals surface area contributed by atoms with Crippen LogP contribution in [0.4, 0.5) is 17.2 Å². The Hall–Kier alpha value is -1.74. The number of nitrogens with two attached hydrogens (primary N) is 1. The second-order valence-electron chi connectivity index (χ2n) is 5.10. The van der Waals surface area contributed by atoms with Crippen LogP contribution in [0.5, 0.6) is 0 Å². The molecule has 1 aliphatic rings. The second-order valence-corrected chi connectivity index (χ2v) is 5.48. The first-order valence-electron chi connectivity index (χ1n) is 6.42. The van der Waals surface area contributed by atoms with E-state index in [1.807, 2.05) is 12.1 Å². The number of nitrogens with zero attached hydrogens (tertiary/aromatic N) is 2. The first-order chi connectivity index (χ1) is 9.15. The minimum atomic E-state index is 0.472. The molecule has 0 amide bonds. The summed E-state index contributed by atoms with van der Waals surface area (Å²) in [5.41, 5.74) is 9.24. The lowest BCUT2D eigenvalue weighted by Crippen LogP contribution is -2.31. The van der Waals surface area contributed by atoms with Gasteiger partial charge in [-0.05, 0) is 36.1 Å². The van der Waals surface area contributed by atoms with E-state index in [1.54, 1.807) is 6.07 Å². The van der Waals surface area contributed by atoms with Gasteiger partial charge < -0.3 is 10.6 Å². The van der Waals surface area contributed by atoms with Crippen LogP contribution in [0.25, 0.3) is 0 Å². The molecule has 1 unspecified atom stereocenters. The molecule has 98 valence electrons. The molecule has 0 spiro atoms. The van der Waals surface area contributed by atoms with Crippen LogP contribution in [0.1, 0.15) is 12.5 Å². The van der Waals surface area contributed by atoms with Gasteiger partial charge in [0.1, 0.15) is 5.15 Å². The highest BCUT2D eigenvalue weighted by molar-refractivity contribution is 6.29. The Morgan fingerprint density at radius 1 is 1.26 bits per heavy atom. The van der Waals surface area contributed by atoms with Crippen LogP contribution in [-0.4, -0.2) is 11.5 Å². The van der Waals surface area contributed by atoms with Crippen molar-refractivity contribution in [3.8, 4) is 0 Å². The smallest absolute Gasteiger partial charge is 0.158 e. The first kappa shape index (κ1) is 12.3. The van der Waals surface area contributed by atoms with E-state index in [4.69, 9.17) is 17.3 Å². The predicted octanol–water partition coefficient (Wildman–Crippen LogP) is 3.65. The third kappa shape index (κ3) is 2.26. The van der Waals surface area contributed by atoms with Crippen LogP contribution in [0.2, 0.25) is 5.15 Å². The number of nitrogen functional groups attached to an aromatic ring is 1. The number of hydrogen-bond donors (Lipinski definition) is 1. The van der Waals surface area contributed by atoms with Crippen LogP contribution in [0.3, 0.4) is 0 Å². The molecule has 0 saturated heterocycles. The fraction of sp³-hybridized carbons (Fsp3) is 0.267. The van der Waals surface area contributed by atoms with E-state index in [0.29, 0.717) is 16.8 Å². The van der Waals surface area contributed by atoms with E-state index in [0.717, 1.165) is 18.8 Å². The molecule has 2 N–H and O–H groups in total. The van der Waals surface area contributed by atoms with E-state index >= 15 is 0 Å². The summed E-state index contributed by atoms with van der Waals surface area (Å²) in [5, 5.41) is 0.472. The van der Waals surface area contributed by atoms with Crippen LogP contribution in [0, 0.1) is 5.92 Å². The molecule has 19 heavy (non-hydrogen) atoms. The molecule has 1 aromatic heterocycles. The van der Waals surface area contributed by atoms with Gasteiger partial charge in [-0.15, -0.1) is 0 Å². The van der Waals surface area contributed by atoms with Crippen molar-refractivity contribution in [2.75, 3.05) is 17.2 Å². The third-order valence-corrected chi connectivity index (χ3v) is 3.68. The number of anilines is 3. The minimum absolute atomic E-state index is 0.472. The molecular weight excluding hydrogens is 258 g/mol. The van der Waals surface area contributed by atoms with E-state index < -0.39 is 0 Å². The molecule has 0 aliphatic carbocycles. The lowest BCUT2D eigenvalue weighted by Gasteiger charge is -2.34. The van der Waals surface area contributed by atoms with Crippen molar-refractivity contribution in [3.63, 3.8) is 0 Å². The standard InChI is InChI=1S/C15H16ClN3/c1-10-8-11-4-2-3-5-13(11)19(9-10)15-12(17)6-7-14(16)18-15/h2-7,10H,8-9,17H2,1H3. The van der Waals surface area contributed by atoms with E-state index in [-0.39, 0.29) is 0 Å². The molecule has 1 atom stereocenters. The van der Waals surface area contributed by atoms with Gasteiger partial charge in [0.2, 0.25) is 0 Å². The number of halogens is 1. The zero-order valence-electron chi connectivity index (χ0n) is 10.8. The molecule has 3 nitrogen and oxygen atoms in total. The van der Waals surface area contributed by atoms with Crippen molar-refractivity contribution in [1.29, 1.82) is 0 Å². The summed E-state index contributed by atoms with van der Waals surface area (Å²) in [6.45, 7) is 3.15. The predicted molar refractivity (Wildman–Crippen MR) is 80.0 cm³/mol. The molecule has 2 aromatic rings. The van der Waals surface area contributed by atoms with Gasteiger partial charge in [-0.2, -0.15) is 0 Å². The fourth-order valence-electron chi connectivity index (χ4n) is 2.65. The molecule has 4 heteroatoms. The minimum Gasteiger partial charge on any atom is -0.396 e. The lowest BCUT2D eigenvalue weighted by molar-refractivity contribution is 0.560. The Morgan fingerprint density at radius 3 is 2.89 bits per heavy atom. The quantitative estimate of drug-likeness (QED) is 0.807. The van der Waals surface area contributed by atoms with Crippen LogP contribution >= 0.6 is 11.6 Å². The van der Waals surface area contributed by atoms with Gasteiger partial charge in [0.05, 0.1) is 5.69 Å². The maximum Gasteiger partial charge on any atom is 0.158 e. The van der Waals surface area contributed by atoms with Gasteiger partial charge in [-0.1, -0.05) is 36.7 Å². The largest absolute Gasteiger partial charge is 0.396 e. The Morgan fingerprint density at radius 2 is 2.05 bits per heavy atom. The van der Waals surface area contributed by atoms with Crippen molar-refractivity contribution in [1.82, 2.24) is 4.98 Å². The molecule has 1 aliphatic heterocycles. The van der Waals surface area contributed by atoms with Gasteiger partial charge in [-0.25, -0.2) is 4.98 Å². The summed E-state index contributed by atoms with van der Waals surface area (Å²) < 4.78 is 0. The highest BCUT2D eigenvalue weighted by Crippen LogP contribution is 2.37. The average Bonchev–Trinajstić information content (AvgIpc) is 2.40. The van der Waals surface area contributed by atoms with E-state index in [1.165, 1.54) is 11.3 Å². The summed E-state index contributed by atoms with van der Waals surface area (Å²) in [6.07, 6.45) is 1.09. The van der Waals surface area contributed by atoms with Crippen molar-refractivity contribution >= 4 is 28.8 Å². The van der Waals surface area contributed by atoms with Gasteiger partial charge in [0.15, 0.2) is 5.82 Å². The van der Waals surface area contributed by atoms with E-state index in [2.05, 4.69) is 35.0 Å². The Labute approximate surface area is 118 Å². The third-order valence-electron chi connectivity index (χ3n) is 3.47. The molecule has 0 radical (unpaired) electrons. The number of para-hydroxylation sites is 1. The second kappa shape index (κ2) is 4.74. The maximum atomic E-state index is 6.06. The monoisotopic (exact) mass is 273 g/mol. The van der Waals surface area contributed by atoms with Crippen molar-refractivity contribution < 1.29 is 0 Å². The summed E-state index contributed by atoms with van der Waals surface area (Å²) >= 11 is 6.01. The van der Waals surface area contributed by atoms with Crippen molar-refractivity contribution in [2.45, 2.75) is 13.3 Å². The zero-order chi connectivity index (χ0) is 13.4. The fourth-order valence-corrected chi connectivity index (χ4v) is 2.79. The van der Waals surface area contributed by atoms with Gasteiger partial charge in [-0.3, -0.25) is 0 Å². The molecular formula is C15H16ClN3. The van der Waals surface area contributed by atoms with Gasteiger partial charge >= 0.3 is 0 Å². The summed E-state index contributed by atoms with van der Waals surface area (Å²) in [7, 11) is 0. The normalized spacial score (nSPS) is 18.2. The molecule has 3 rings (SSSR count). The molecule has 1 aromatic carbocycles. The van der Waals surface area contributed by atoms with Gasteiger partial charge in [0.25, 0.3) is 0 Å². The Bertz CT molecular complexity index is 612. The molecule has 0 saturated carbocycles. The van der Waals surface area contributed by atoms with Crippen molar-refractivity contribution in [3.05, 3.63) is 47.1 Å². The number of aromatic nitrogens is 1. The van der Waals surface area contributed by atoms with Crippen LogP contribution in [0.15, 0.2) is 36.4 Å². The van der Waals surface area contributed by atoms with Crippen LogP contribution < -0.4 is 10.6 Å². The number of fused-ring (bicyclic) bond motifs is 1. The highest BCUT2D eigenvalue weighted by atomic mass is 35.5. The Kier molecular flexibility index (Phi) is 3.07. The van der Waals surface area contributed by atoms with Crippen LogP contribution in [-0.2, 0) is 6.42 Å². The number of benzene rings is 1. The lowest BCUT2D eigenvalue weighted by atomic mass is 9.94. The number of hydrogen-bond acceptors (Lipinski definition) is 3. The maximum absolute atomic E-state index is 6.06. The molecule has 2 heterocycles. The SMILES string of the molecule is CC1Cc2ccccc2N(c2nc(Cl)ccc2N)C1. The zero-order valence-corrected chi connectivity index (χ0v) is 11.6. The van der Waals surface area contributed by atoms with E-state index in [9.17, 15) is 0 Å².